The Morgan fingerprint density at radius 1 is 0.851 bits per heavy atom. The number of aromatic nitrogens is 4. The van der Waals surface area contributed by atoms with Crippen molar-refractivity contribution in [2.75, 3.05) is 0 Å². The molecule has 0 fully saturated rings. The molecule has 7 aromatic rings. The van der Waals surface area contributed by atoms with Crippen LogP contribution < -0.4 is 4.40 Å². The minimum Gasteiger partial charge on any atom is -0.500 e. The standard InChI is InChI=1S/C22H18N3O.C18H24GeN.Ir/c1-13(2)25-19-10-5-4-9-18(19)24-22(25)16-8-6-7-15-17-12-23-14(3)11-20(17)26-21(15)16;1-14(2)11-16-12-18(15-9-7-6-8-10-15)20-13-17(16)19(3,4)5;/h4-7,9-13H,1-3H3;6-9,12-14H,11H2,1-5H3;/q2*-1;. The summed E-state index contributed by atoms with van der Waals surface area (Å²) in [6, 6.07) is 31.4. The third kappa shape index (κ3) is 7.30. The predicted octanol–water partition coefficient (Wildman–Crippen LogP) is 9.98. The molecule has 0 spiro atoms. The molecular formula is C40H42GeIrN4O-2. The fourth-order valence-electron chi connectivity index (χ4n) is 6.12. The fourth-order valence-corrected chi connectivity index (χ4v) is 9.46. The van der Waals surface area contributed by atoms with Gasteiger partial charge in [0.25, 0.3) is 0 Å². The van der Waals surface area contributed by atoms with Gasteiger partial charge in [-0.1, -0.05) is 23.1 Å². The zero-order valence-electron chi connectivity index (χ0n) is 28.5. The molecule has 0 saturated carbocycles. The summed E-state index contributed by atoms with van der Waals surface area (Å²) in [6.45, 7) is 10.9. The molecule has 7 heteroatoms. The zero-order chi connectivity index (χ0) is 32.6. The first-order valence-corrected chi connectivity index (χ1v) is 23.5. The van der Waals surface area contributed by atoms with Gasteiger partial charge < -0.3 is 8.98 Å². The Labute approximate surface area is 294 Å². The van der Waals surface area contributed by atoms with Crippen LogP contribution in [0.1, 0.15) is 45.0 Å². The Kier molecular flexibility index (Phi) is 10.5. The zero-order valence-corrected chi connectivity index (χ0v) is 33.0. The molecule has 7 rings (SSSR count). The van der Waals surface area contributed by atoms with E-state index in [9.17, 15) is 0 Å². The van der Waals surface area contributed by atoms with Crippen LogP contribution in [-0.4, -0.2) is 32.8 Å². The SMILES string of the molecule is CC(C)Cc1cc(-c2[c-]cccc2)nc[c]1[Ge]([CH3])([CH3])[CH3].Cc1cc2oc3c(-c4nc5ccccc5n4C(C)C)[c-]ccc3c2cn1.[Ir]. The third-order valence-electron chi connectivity index (χ3n) is 8.20. The molecule has 5 nitrogen and oxygen atoms in total. The number of rotatable bonds is 6. The average Bonchev–Trinajstić information content (AvgIpc) is 3.59. The van der Waals surface area contributed by atoms with Crippen molar-refractivity contribution in [2.24, 2.45) is 5.92 Å². The van der Waals surface area contributed by atoms with Crippen molar-refractivity contribution in [1.82, 2.24) is 19.5 Å². The first-order chi connectivity index (χ1) is 22.0. The van der Waals surface area contributed by atoms with Crippen LogP contribution in [0.3, 0.4) is 0 Å². The number of benzene rings is 3. The van der Waals surface area contributed by atoms with E-state index in [-0.39, 0.29) is 26.1 Å². The molecule has 1 radical (unpaired) electrons. The summed E-state index contributed by atoms with van der Waals surface area (Å²) < 4.78 is 10.0. The summed E-state index contributed by atoms with van der Waals surface area (Å²) in [5, 5.41) is 2.07. The molecule has 0 aliphatic carbocycles. The van der Waals surface area contributed by atoms with E-state index in [1.54, 1.807) is 4.40 Å². The Morgan fingerprint density at radius 3 is 2.32 bits per heavy atom. The van der Waals surface area contributed by atoms with Crippen LogP contribution >= 0.6 is 0 Å². The van der Waals surface area contributed by atoms with Crippen molar-refractivity contribution in [2.45, 2.75) is 64.4 Å². The van der Waals surface area contributed by atoms with Gasteiger partial charge in [-0.15, -0.1) is 18.2 Å². The van der Waals surface area contributed by atoms with E-state index < -0.39 is 13.3 Å². The van der Waals surface area contributed by atoms with Crippen molar-refractivity contribution >= 4 is 50.6 Å². The predicted molar refractivity (Wildman–Crippen MR) is 194 cm³/mol. The van der Waals surface area contributed by atoms with Gasteiger partial charge in [0, 0.05) is 49.5 Å². The summed E-state index contributed by atoms with van der Waals surface area (Å²) >= 11 is -1.86. The second kappa shape index (κ2) is 14.3. The van der Waals surface area contributed by atoms with Gasteiger partial charge in [-0.05, 0) is 32.9 Å². The van der Waals surface area contributed by atoms with Crippen LogP contribution in [-0.2, 0) is 26.5 Å². The van der Waals surface area contributed by atoms with Crippen LogP contribution in [0.15, 0.2) is 89.6 Å². The summed E-state index contributed by atoms with van der Waals surface area (Å²) in [5.74, 6) is 8.88. The number of hydrogen-bond donors (Lipinski definition) is 0. The van der Waals surface area contributed by atoms with Gasteiger partial charge in [0.2, 0.25) is 0 Å². The first kappa shape index (κ1) is 34.7. The number of pyridine rings is 2. The van der Waals surface area contributed by atoms with E-state index in [4.69, 9.17) is 14.4 Å². The van der Waals surface area contributed by atoms with E-state index in [1.807, 2.05) is 67.7 Å². The average molecular weight is 860 g/mol. The van der Waals surface area contributed by atoms with Crippen molar-refractivity contribution in [1.29, 1.82) is 0 Å². The number of fused-ring (bicyclic) bond motifs is 4. The van der Waals surface area contributed by atoms with E-state index >= 15 is 0 Å². The smallest absolute Gasteiger partial charge is 0.124 e. The van der Waals surface area contributed by atoms with Gasteiger partial charge in [-0.2, -0.15) is 0 Å². The molecule has 0 bridgehead atoms. The third-order valence-corrected chi connectivity index (χ3v) is 12.5. The number of nitrogens with zero attached hydrogens (tertiary/aromatic N) is 4. The topological polar surface area (TPSA) is 56.7 Å². The summed E-state index contributed by atoms with van der Waals surface area (Å²) in [6.07, 6.45) is 5.15. The van der Waals surface area contributed by atoms with E-state index in [0.29, 0.717) is 5.92 Å². The fraction of sp³-hybridized carbons (Fsp3) is 0.275. The van der Waals surface area contributed by atoms with E-state index in [0.717, 1.165) is 67.7 Å². The maximum Gasteiger partial charge on any atom is 0.124 e. The molecule has 3 aromatic carbocycles. The van der Waals surface area contributed by atoms with E-state index in [1.165, 1.54) is 5.56 Å². The van der Waals surface area contributed by atoms with Crippen LogP contribution in [0.2, 0.25) is 17.3 Å². The van der Waals surface area contributed by atoms with Gasteiger partial charge in [-0.3, -0.25) is 9.97 Å². The molecule has 0 amide bonds. The Morgan fingerprint density at radius 2 is 1.62 bits per heavy atom. The molecule has 4 heterocycles. The number of imidazole rings is 1. The second-order valence-electron chi connectivity index (χ2n) is 13.8. The molecule has 47 heavy (non-hydrogen) atoms. The van der Waals surface area contributed by atoms with Crippen LogP contribution in [0.25, 0.3) is 55.6 Å². The minimum atomic E-state index is -1.86. The Bertz CT molecular complexity index is 2140. The largest absolute Gasteiger partial charge is 0.500 e. The summed E-state index contributed by atoms with van der Waals surface area (Å²) in [4.78, 5) is 14.0. The quantitative estimate of drug-likeness (QED) is 0.124. The normalized spacial score (nSPS) is 11.7. The maximum atomic E-state index is 6.22. The number of hydrogen-bond acceptors (Lipinski definition) is 4. The van der Waals surface area contributed by atoms with Crippen LogP contribution in [0.4, 0.5) is 0 Å². The molecule has 0 aliphatic heterocycles. The molecule has 0 unspecified atom stereocenters. The van der Waals surface area contributed by atoms with Crippen LogP contribution in [0.5, 0.6) is 0 Å². The van der Waals surface area contributed by atoms with Crippen molar-refractivity contribution in [3.8, 4) is 22.6 Å². The first-order valence-electron chi connectivity index (χ1n) is 16.1. The Balaban J connectivity index is 0.000000188. The Hall–Kier alpha value is -3.58. The molecule has 0 atom stereocenters. The minimum absolute atomic E-state index is 0. The van der Waals surface area contributed by atoms with Crippen molar-refractivity contribution in [3.63, 3.8) is 0 Å². The van der Waals surface area contributed by atoms with Crippen molar-refractivity contribution in [3.05, 3.63) is 109 Å². The van der Waals surface area contributed by atoms with Gasteiger partial charge in [0.05, 0.1) is 22.4 Å². The summed E-state index contributed by atoms with van der Waals surface area (Å²) in [5.41, 5.74) is 9.23. The molecule has 0 aliphatic rings. The molecule has 243 valence electrons. The van der Waals surface area contributed by atoms with Crippen molar-refractivity contribution < 1.29 is 24.5 Å². The summed E-state index contributed by atoms with van der Waals surface area (Å²) in [7, 11) is 0. The molecule has 0 N–H and O–H groups in total. The van der Waals surface area contributed by atoms with Gasteiger partial charge in [0.15, 0.2) is 0 Å². The second-order valence-corrected chi connectivity index (χ2v) is 24.3. The van der Waals surface area contributed by atoms with E-state index in [2.05, 4.69) is 91.0 Å². The van der Waals surface area contributed by atoms with Crippen LogP contribution in [0, 0.1) is 25.0 Å². The molecule has 4 aromatic heterocycles. The van der Waals surface area contributed by atoms with Gasteiger partial charge in [-0.25, -0.2) is 0 Å². The molecule has 0 saturated heterocycles. The number of furan rings is 1. The number of aryl methyl sites for hydroxylation is 1. The maximum absolute atomic E-state index is 6.22. The molecular weight excluding hydrogens is 817 g/mol. The van der Waals surface area contributed by atoms with Gasteiger partial charge in [0.1, 0.15) is 5.58 Å². The number of para-hydroxylation sites is 2. The van der Waals surface area contributed by atoms with Gasteiger partial charge >= 0.3 is 126 Å². The monoisotopic (exact) mass is 861 g/mol.